The van der Waals surface area contributed by atoms with E-state index in [0.29, 0.717) is 0 Å². The van der Waals surface area contributed by atoms with Gasteiger partial charge in [0.2, 0.25) is 0 Å². The van der Waals surface area contributed by atoms with Crippen molar-refractivity contribution in [2.24, 2.45) is 5.73 Å². The van der Waals surface area contributed by atoms with Crippen LogP contribution >= 0.6 is 7.60 Å². The summed E-state index contributed by atoms with van der Waals surface area (Å²) in [5, 5.41) is 9.58. The number of hydrogen-bond donors (Lipinski definition) is 2. The fraction of sp³-hybridized carbons (Fsp3) is 0.455. The molecule has 1 rings (SSSR count). The number of benzene rings is 1. The van der Waals surface area contributed by atoms with E-state index in [9.17, 15) is 14.1 Å². The topological polar surface area (TPSA) is 81.8 Å². The fourth-order valence-corrected chi connectivity index (χ4v) is 3.16. The summed E-state index contributed by atoms with van der Waals surface area (Å²) in [6, 6.07) is 3.83. The molecule has 0 bridgehead atoms. The number of hydrogen-bond acceptors (Lipinski definition) is 5. The highest BCUT2D eigenvalue weighted by molar-refractivity contribution is 7.54. The van der Waals surface area contributed by atoms with Gasteiger partial charge in [0.15, 0.2) is 11.6 Å². The van der Waals surface area contributed by atoms with Gasteiger partial charge in [0.05, 0.1) is 13.2 Å². The molecule has 0 amide bonds. The van der Waals surface area contributed by atoms with Gasteiger partial charge in [0.1, 0.15) is 5.78 Å². The molecule has 102 valence electrons. The predicted octanol–water partition coefficient (Wildman–Crippen LogP) is 2.75. The molecule has 0 aromatic heterocycles. The Morgan fingerprint density at radius 1 is 1.39 bits per heavy atom. The number of rotatable bonds is 6. The van der Waals surface area contributed by atoms with Gasteiger partial charge in [-0.1, -0.05) is 12.1 Å². The lowest BCUT2D eigenvalue weighted by atomic mass is 10.2. The summed E-state index contributed by atoms with van der Waals surface area (Å²) in [6.07, 6.45) is 0. The van der Waals surface area contributed by atoms with Crippen LogP contribution in [0.25, 0.3) is 0 Å². The minimum atomic E-state index is -3.63. The molecule has 1 aromatic carbocycles. The Morgan fingerprint density at radius 2 is 1.94 bits per heavy atom. The number of halogens is 1. The first-order chi connectivity index (χ1) is 8.46. The fourth-order valence-electron chi connectivity index (χ4n) is 1.50. The zero-order valence-electron chi connectivity index (χ0n) is 10.3. The van der Waals surface area contributed by atoms with Crippen molar-refractivity contribution in [1.29, 1.82) is 0 Å². The third-order valence-electron chi connectivity index (χ3n) is 2.30. The second kappa shape index (κ2) is 6.29. The van der Waals surface area contributed by atoms with Gasteiger partial charge in [-0.15, -0.1) is 0 Å². The molecule has 5 nitrogen and oxygen atoms in total. The van der Waals surface area contributed by atoms with E-state index in [1.165, 1.54) is 12.1 Å². The molecule has 7 heteroatoms. The lowest BCUT2D eigenvalue weighted by Crippen LogP contribution is -2.15. The van der Waals surface area contributed by atoms with Gasteiger partial charge >= 0.3 is 7.60 Å². The first-order valence-electron chi connectivity index (χ1n) is 5.58. The van der Waals surface area contributed by atoms with Gasteiger partial charge in [0, 0.05) is 5.56 Å². The quantitative estimate of drug-likeness (QED) is 0.781. The maximum atomic E-state index is 13.2. The molecule has 0 aliphatic rings. The number of phenolic OH excluding ortho intramolecular Hbond substituents is 1. The summed E-state index contributed by atoms with van der Waals surface area (Å²) < 4.78 is 35.7. The van der Waals surface area contributed by atoms with Crippen LogP contribution in [0.1, 0.15) is 25.2 Å². The van der Waals surface area contributed by atoms with E-state index in [-0.39, 0.29) is 18.8 Å². The highest BCUT2D eigenvalue weighted by Gasteiger charge is 2.35. The van der Waals surface area contributed by atoms with Crippen LogP contribution in [0.4, 0.5) is 4.39 Å². The van der Waals surface area contributed by atoms with Crippen LogP contribution in [0.3, 0.4) is 0 Å². The summed E-state index contributed by atoms with van der Waals surface area (Å²) in [6.45, 7) is 3.57. The van der Waals surface area contributed by atoms with Crippen LogP contribution in [0, 0.1) is 5.82 Å². The maximum absolute atomic E-state index is 13.2. The summed E-state index contributed by atoms with van der Waals surface area (Å²) in [7, 11) is -3.63. The van der Waals surface area contributed by atoms with Crippen LogP contribution in [-0.2, 0) is 13.6 Å². The van der Waals surface area contributed by atoms with Crippen LogP contribution in [0.5, 0.6) is 5.75 Å². The SMILES string of the molecule is CCOP(=O)(OCC)[C@@H](N)c1cccc(F)c1O. The molecule has 1 aromatic rings. The van der Waals surface area contributed by atoms with Crippen molar-refractivity contribution in [2.75, 3.05) is 13.2 Å². The van der Waals surface area contributed by atoms with Crippen LogP contribution in [0.2, 0.25) is 0 Å². The highest BCUT2D eigenvalue weighted by Crippen LogP contribution is 2.59. The van der Waals surface area contributed by atoms with E-state index in [1.807, 2.05) is 0 Å². The number of para-hydroxylation sites is 1. The average molecular weight is 277 g/mol. The van der Waals surface area contributed by atoms with Crippen molar-refractivity contribution < 1.29 is 23.1 Å². The largest absolute Gasteiger partial charge is 0.505 e. The van der Waals surface area contributed by atoms with Crippen molar-refractivity contribution in [3.63, 3.8) is 0 Å². The zero-order valence-corrected chi connectivity index (χ0v) is 11.2. The summed E-state index contributed by atoms with van der Waals surface area (Å²) in [5.74, 6) is -2.69. The molecule has 0 saturated heterocycles. The molecular weight excluding hydrogens is 260 g/mol. The van der Waals surface area contributed by atoms with E-state index in [1.54, 1.807) is 13.8 Å². The van der Waals surface area contributed by atoms with Crippen molar-refractivity contribution >= 4 is 7.60 Å². The second-order valence-electron chi connectivity index (χ2n) is 3.50. The van der Waals surface area contributed by atoms with Gasteiger partial charge in [-0.3, -0.25) is 4.57 Å². The van der Waals surface area contributed by atoms with Gasteiger partial charge in [-0.2, -0.15) is 0 Å². The molecular formula is C11H17FNO4P. The van der Waals surface area contributed by atoms with Gasteiger partial charge < -0.3 is 19.9 Å². The zero-order chi connectivity index (χ0) is 13.8. The molecule has 0 unspecified atom stereocenters. The van der Waals surface area contributed by atoms with Gasteiger partial charge in [-0.05, 0) is 19.9 Å². The lowest BCUT2D eigenvalue weighted by molar-refractivity contribution is 0.211. The van der Waals surface area contributed by atoms with Crippen LogP contribution in [0.15, 0.2) is 18.2 Å². The lowest BCUT2D eigenvalue weighted by Gasteiger charge is -2.23. The van der Waals surface area contributed by atoms with E-state index in [0.717, 1.165) is 6.07 Å². The Bertz CT molecular complexity index is 445. The van der Waals surface area contributed by atoms with Crippen LogP contribution < -0.4 is 5.73 Å². The van der Waals surface area contributed by atoms with Gasteiger partial charge in [0.25, 0.3) is 0 Å². The minimum Gasteiger partial charge on any atom is -0.505 e. The Kier molecular flexibility index (Phi) is 5.28. The molecule has 3 N–H and O–H groups in total. The van der Waals surface area contributed by atoms with Crippen molar-refractivity contribution in [3.8, 4) is 5.75 Å². The Labute approximate surface area is 105 Å². The Balaban J connectivity index is 3.13. The van der Waals surface area contributed by atoms with E-state index >= 15 is 0 Å². The van der Waals surface area contributed by atoms with Crippen molar-refractivity contribution in [2.45, 2.75) is 19.6 Å². The van der Waals surface area contributed by atoms with E-state index < -0.39 is 24.9 Å². The standard InChI is InChI=1S/C11H17FNO4P/c1-3-16-18(15,17-4-2)11(13)8-6-5-7-9(12)10(8)14/h5-7,11,14H,3-4,13H2,1-2H3/t11-/m1/s1. The molecule has 0 aliphatic carbocycles. The number of phenols is 1. The summed E-state index contributed by atoms with van der Waals surface area (Å²) in [4.78, 5) is 0. The van der Waals surface area contributed by atoms with E-state index in [2.05, 4.69) is 0 Å². The first kappa shape index (κ1) is 15.1. The molecule has 18 heavy (non-hydrogen) atoms. The normalized spacial score (nSPS) is 13.6. The van der Waals surface area contributed by atoms with E-state index in [4.69, 9.17) is 14.8 Å². The minimum absolute atomic E-state index is 0.000216. The Hall–Kier alpha value is -0.940. The van der Waals surface area contributed by atoms with Crippen molar-refractivity contribution in [1.82, 2.24) is 0 Å². The number of aromatic hydroxyl groups is 1. The third-order valence-corrected chi connectivity index (χ3v) is 4.49. The number of nitrogens with two attached hydrogens (primary N) is 1. The van der Waals surface area contributed by atoms with Crippen LogP contribution in [-0.4, -0.2) is 18.3 Å². The smallest absolute Gasteiger partial charge is 0.351 e. The first-order valence-corrected chi connectivity index (χ1v) is 7.19. The summed E-state index contributed by atoms with van der Waals surface area (Å²) in [5.41, 5.74) is 5.78. The molecule has 0 saturated carbocycles. The van der Waals surface area contributed by atoms with Crippen molar-refractivity contribution in [3.05, 3.63) is 29.6 Å². The van der Waals surface area contributed by atoms with Gasteiger partial charge in [-0.25, -0.2) is 4.39 Å². The molecule has 1 atom stereocenters. The summed E-state index contributed by atoms with van der Waals surface area (Å²) >= 11 is 0. The molecule has 0 heterocycles. The average Bonchev–Trinajstić information content (AvgIpc) is 2.32. The molecule has 0 spiro atoms. The highest BCUT2D eigenvalue weighted by atomic mass is 31.2. The molecule has 0 radical (unpaired) electrons. The second-order valence-corrected chi connectivity index (χ2v) is 5.65. The monoisotopic (exact) mass is 277 g/mol. The third kappa shape index (κ3) is 3.09. The molecule has 0 fully saturated rings. The maximum Gasteiger partial charge on any atom is 0.351 e. The molecule has 0 aliphatic heterocycles. The predicted molar refractivity (Wildman–Crippen MR) is 65.9 cm³/mol. The Morgan fingerprint density at radius 3 is 2.44 bits per heavy atom.